The molecule has 1 aromatic rings. The summed E-state index contributed by atoms with van der Waals surface area (Å²) in [6.45, 7) is 2.87. The molecule has 1 aromatic carbocycles. The molecule has 1 heterocycles. The molecule has 0 radical (unpaired) electrons. The van der Waals surface area contributed by atoms with Crippen LogP contribution in [-0.4, -0.2) is 56.0 Å². The number of amides is 1. The average molecular weight is 287 g/mol. The largest absolute Gasteiger partial charge is 0.493 e. The SMILES string of the molecule is COc1c(C(=O)N2CCN(C)CC2)ccc(Cl)c1F. The van der Waals surface area contributed by atoms with Crippen molar-refractivity contribution in [1.29, 1.82) is 0 Å². The van der Waals surface area contributed by atoms with Crippen LogP contribution in [0.15, 0.2) is 12.1 Å². The van der Waals surface area contributed by atoms with Gasteiger partial charge in [0.05, 0.1) is 17.7 Å². The first kappa shape index (κ1) is 14.1. The van der Waals surface area contributed by atoms with Gasteiger partial charge in [-0.25, -0.2) is 4.39 Å². The number of ether oxygens (including phenoxy) is 1. The lowest BCUT2D eigenvalue weighted by molar-refractivity contribution is 0.0660. The number of halogens is 2. The van der Waals surface area contributed by atoms with Gasteiger partial charge in [0.25, 0.3) is 5.91 Å². The molecule has 1 amide bonds. The number of methoxy groups -OCH3 is 1. The minimum absolute atomic E-state index is 0.0493. The van der Waals surface area contributed by atoms with Crippen molar-refractivity contribution < 1.29 is 13.9 Å². The second-order valence-electron chi connectivity index (χ2n) is 4.54. The summed E-state index contributed by atoms with van der Waals surface area (Å²) in [5.41, 5.74) is 0.217. The van der Waals surface area contributed by atoms with Gasteiger partial charge in [-0.05, 0) is 19.2 Å². The molecule has 1 aliphatic heterocycles. The Labute approximate surface area is 116 Å². The summed E-state index contributed by atoms with van der Waals surface area (Å²) < 4.78 is 18.8. The van der Waals surface area contributed by atoms with Crippen molar-refractivity contribution in [1.82, 2.24) is 9.80 Å². The molecule has 0 saturated carbocycles. The maximum absolute atomic E-state index is 13.8. The zero-order valence-corrected chi connectivity index (χ0v) is 11.7. The van der Waals surface area contributed by atoms with E-state index in [0.29, 0.717) is 13.1 Å². The second-order valence-corrected chi connectivity index (χ2v) is 4.94. The van der Waals surface area contributed by atoms with Crippen LogP contribution in [0.3, 0.4) is 0 Å². The summed E-state index contributed by atoms with van der Waals surface area (Å²) in [6, 6.07) is 2.88. The van der Waals surface area contributed by atoms with Gasteiger partial charge in [-0.3, -0.25) is 4.79 Å². The molecule has 6 heteroatoms. The second kappa shape index (κ2) is 5.75. The van der Waals surface area contributed by atoms with Crippen LogP contribution in [0.25, 0.3) is 0 Å². The first-order chi connectivity index (χ1) is 9.04. The van der Waals surface area contributed by atoms with Crippen LogP contribution in [0.1, 0.15) is 10.4 Å². The lowest BCUT2D eigenvalue weighted by Gasteiger charge is -2.32. The van der Waals surface area contributed by atoms with Crippen molar-refractivity contribution >= 4 is 17.5 Å². The smallest absolute Gasteiger partial charge is 0.257 e. The Balaban J connectivity index is 2.26. The van der Waals surface area contributed by atoms with Crippen molar-refractivity contribution in [3.8, 4) is 5.75 Å². The molecule has 0 bridgehead atoms. The van der Waals surface area contributed by atoms with Crippen molar-refractivity contribution in [3.63, 3.8) is 0 Å². The Hall–Kier alpha value is -1.33. The fourth-order valence-corrected chi connectivity index (χ4v) is 2.23. The van der Waals surface area contributed by atoms with E-state index in [4.69, 9.17) is 16.3 Å². The molecule has 0 atom stereocenters. The van der Waals surface area contributed by atoms with Crippen LogP contribution in [0, 0.1) is 5.82 Å². The number of nitrogens with zero attached hydrogens (tertiary/aromatic N) is 2. The Morgan fingerprint density at radius 1 is 1.32 bits per heavy atom. The van der Waals surface area contributed by atoms with E-state index in [1.165, 1.54) is 19.2 Å². The van der Waals surface area contributed by atoms with E-state index in [1.54, 1.807) is 4.90 Å². The van der Waals surface area contributed by atoms with Crippen molar-refractivity contribution in [2.24, 2.45) is 0 Å². The molecule has 4 nitrogen and oxygen atoms in total. The van der Waals surface area contributed by atoms with E-state index in [9.17, 15) is 9.18 Å². The molecule has 104 valence electrons. The quantitative estimate of drug-likeness (QED) is 0.832. The number of carbonyl (C=O) groups excluding carboxylic acids is 1. The minimum Gasteiger partial charge on any atom is -0.493 e. The van der Waals surface area contributed by atoms with Gasteiger partial charge in [0.15, 0.2) is 11.6 Å². The molecule has 0 unspecified atom stereocenters. The third-order valence-electron chi connectivity index (χ3n) is 3.28. The van der Waals surface area contributed by atoms with Crippen LogP contribution >= 0.6 is 11.6 Å². The summed E-state index contributed by atoms with van der Waals surface area (Å²) in [6.07, 6.45) is 0. The van der Waals surface area contributed by atoms with Gasteiger partial charge in [-0.15, -0.1) is 0 Å². The summed E-state index contributed by atoms with van der Waals surface area (Å²) >= 11 is 5.69. The molecule has 0 spiro atoms. The Bertz CT molecular complexity index is 488. The molecule has 1 aliphatic rings. The normalized spacial score (nSPS) is 16.5. The van der Waals surface area contributed by atoms with E-state index in [2.05, 4.69) is 4.90 Å². The highest BCUT2D eigenvalue weighted by atomic mass is 35.5. The van der Waals surface area contributed by atoms with Crippen LogP contribution in [0.5, 0.6) is 5.75 Å². The zero-order chi connectivity index (χ0) is 14.0. The maximum atomic E-state index is 13.8. The predicted molar refractivity (Wildman–Crippen MR) is 71.4 cm³/mol. The third-order valence-corrected chi connectivity index (χ3v) is 3.57. The van der Waals surface area contributed by atoms with Crippen molar-refractivity contribution in [2.45, 2.75) is 0 Å². The number of benzene rings is 1. The standard InChI is InChI=1S/C13H16ClFN2O2/c1-16-5-7-17(8-6-16)13(18)9-3-4-10(14)11(15)12(9)19-2/h3-4H,5-8H2,1-2H3. The molecule has 0 N–H and O–H groups in total. The van der Waals surface area contributed by atoms with Crippen LogP contribution in [0.4, 0.5) is 4.39 Å². The molecule has 1 fully saturated rings. The van der Waals surface area contributed by atoms with Gasteiger partial charge < -0.3 is 14.5 Å². The van der Waals surface area contributed by atoms with Gasteiger partial charge in [0.2, 0.25) is 0 Å². The van der Waals surface area contributed by atoms with Gasteiger partial charge in [0.1, 0.15) is 0 Å². The highest BCUT2D eigenvalue weighted by Crippen LogP contribution is 2.29. The number of carbonyl (C=O) groups is 1. The first-order valence-corrected chi connectivity index (χ1v) is 6.42. The zero-order valence-electron chi connectivity index (χ0n) is 10.9. The lowest BCUT2D eigenvalue weighted by atomic mass is 10.1. The third kappa shape index (κ3) is 2.82. The Kier molecular flexibility index (Phi) is 4.27. The number of hydrogen-bond donors (Lipinski definition) is 0. The number of rotatable bonds is 2. The fraction of sp³-hybridized carbons (Fsp3) is 0.462. The molecule has 1 saturated heterocycles. The number of piperazine rings is 1. The fourth-order valence-electron chi connectivity index (χ4n) is 2.08. The van der Waals surface area contributed by atoms with Gasteiger partial charge >= 0.3 is 0 Å². The summed E-state index contributed by atoms with van der Waals surface area (Å²) in [4.78, 5) is 16.2. The van der Waals surface area contributed by atoms with E-state index >= 15 is 0 Å². The number of hydrogen-bond acceptors (Lipinski definition) is 3. The average Bonchev–Trinajstić information content (AvgIpc) is 2.41. The van der Waals surface area contributed by atoms with Crippen molar-refractivity contribution in [2.75, 3.05) is 40.3 Å². The lowest BCUT2D eigenvalue weighted by Crippen LogP contribution is -2.47. The summed E-state index contributed by atoms with van der Waals surface area (Å²) in [5.74, 6) is -0.999. The van der Waals surface area contributed by atoms with Gasteiger partial charge in [-0.1, -0.05) is 11.6 Å². The van der Waals surface area contributed by atoms with Gasteiger partial charge in [0, 0.05) is 26.2 Å². The molecule has 2 rings (SSSR count). The monoisotopic (exact) mass is 286 g/mol. The van der Waals surface area contributed by atoms with E-state index in [-0.39, 0.29) is 22.2 Å². The van der Waals surface area contributed by atoms with Crippen molar-refractivity contribution in [3.05, 3.63) is 28.5 Å². The van der Waals surface area contributed by atoms with Gasteiger partial charge in [-0.2, -0.15) is 0 Å². The van der Waals surface area contributed by atoms with Crippen LogP contribution in [-0.2, 0) is 0 Å². The van der Waals surface area contributed by atoms with Crippen LogP contribution in [0.2, 0.25) is 5.02 Å². The molecule has 0 aromatic heterocycles. The predicted octanol–water partition coefficient (Wildman–Crippen LogP) is 1.88. The van der Waals surface area contributed by atoms with Crippen LogP contribution < -0.4 is 4.74 Å². The number of likely N-dealkylation sites (N-methyl/N-ethyl adjacent to an activating group) is 1. The maximum Gasteiger partial charge on any atom is 0.257 e. The molecular weight excluding hydrogens is 271 g/mol. The summed E-state index contributed by atoms with van der Waals surface area (Å²) in [5, 5.41) is -0.0493. The van der Waals surface area contributed by atoms with E-state index in [0.717, 1.165) is 13.1 Å². The Morgan fingerprint density at radius 3 is 2.53 bits per heavy atom. The molecule has 19 heavy (non-hydrogen) atoms. The van der Waals surface area contributed by atoms with E-state index < -0.39 is 5.82 Å². The van der Waals surface area contributed by atoms with E-state index in [1.807, 2.05) is 7.05 Å². The topological polar surface area (TPSA) is 32.8 Å². The Morgan fingerprint density at radius 2 is 1.95 bits per heavy atom. The first-order valence-electron chi connectivity index (χ1n) is 6.04. The molecule has 0 aliphatic carbocycles. The minimum atomic E-state index is -0.691. The highest BCUT2D eigenvalue weighted by molar-refractivity contribution is 6.31. The summed E-state index contributed by atoms with van der Waals surface area (Å²) in [7, 11) is 3.33. The molecular formula is C13H16ClFN2O2. The highest BCUT2D eigenvalue weighted by Gasteiger charge is 2.25.